The molecule has 7 nitrogen and oxygen atoms in total. The number of aliphatic hydroxyl groups is 1. The number of allylic oxidation sites excluding steroid dienone is 3. The zero-order valence-electron chi connectivity index (χ0n) is 26.4. The zero-order chi connectivity index (χ0) is 31.6. The van der Waals surface area contributed by atoms with Crippen LogP contribution < -0.4 is 5.43 Å². The van der Waals surface area contributed by atoms with Gasteiger partial charge in [-0.1, -0.05) is 42.1 Å². The van der Waals surface area contributed by atoms with E-state index in [9.17, 15) is 20.1 Å². The van der Waals surface area contributed by atoms with Gasteiger partial charge in [-0.25, -0.2) is 0 Å². The third-order valence-electron chi connectivity index (χ3n) is 11.6. The molecule has 0 aliphatic heterocycles. The van der Waals surface area contributed by atoms with Gasteiger partial charge in [0.05, 0.1) is 6.20 Å². The van der Waals surface area contributed by atoms with Crippen LogP contribution in [0.2, 0.25) is 0 Å². The SMILES string of the molecule is C#CC1(O)CCC2C3CCC4=Cc5oncc5CC4(C)C3CCC21C.CC(C)=CCc1c(O)cc2oc(C)cc(=O)c2c1O. The first kappa shape index (κ1) is 30.3. The van der Waals surface area contributed by atoms with Gasteiger partial charge in [-0.2, -0.15) is 0 Å². The van der Waals surface area contributed by atoms with E-state index in [1.54, 1.807) is 12.5 Å². The molecule has 3 fully saturated rings. The normalized spacial score (nSPS) is 31.8. The summed E-state index contributed by atoms with van der Waals surface area (Å²) in [6, 6.07) is 2.70. The van der Waals surface area contributed by atoms with E-state index >= 15 is 0 Å². The Morgan fingerprint density at radius 3 is 2.64 bits per heavy atom. The topological polar surface area (TPSA) is 117 Å². The Morgan fingerprint density at radius 1 is 1.16 bits per heavy atom. The van der Waals surface area contributed by atoms with Gasteiger partial charge in [-0.05, 0) is 101 Å². The Bertz CT molecular complexity index is 1780. The van der Waals surface area contributed by atoms with Crippen molar-refractivity contribution in [2.24, 2.45) is 28.6 Å². The number of phenols is 2. The summed E-state index contributed by atoms with van der Waals surface area (Å²) in [4.78, 5) is 11.9. The summed E-state index contributed by atoms with van der Waals surface area (Å²) in [6.07, 6.45) is 19.6. The molecule has 232 valence electrons. The number of benzene rings is 1. The molecule has 1 aromatic carbocycles. The highest BCUT2D eigenvalue weighted by Crippen LogP contribution is 2.67. The number of rotatable bonds is 2. The third kappa shape index (κ3) is 4.61. The van der Waals surface area contributed by atoms with Gasteiger partial charge in [-0.15, -0.1) is 6.42 Å². The molecular weight excluding hydrogens is 554 g/mol. The minimum Gasteiger partial charge on any atom is -0.507 e. The number of aromatic hydroxyl groups is 2. The van der Waals surface area contributed by atoms with Gasteiger partial charge in [0.1, 0.15) is 33.8 Å². The molecule has 2 aromatic heterocycles. The van der Waals surface area contributed by atoms with Crippen LogP contribution in [-0.2, 0) is 12.8 Å². The molecule has 2 heterocycles. The molecule has 4 aliphatic carbocycles. The number of aromatic nitrogens is 1. The maximum absolute atomic E-state index is 11.9. The average Bonchev–Trinajstić information content (AvgIpc) is 3.51. The van der Waals surface area contributed by atoms with E-state index in [0.29, 0.717) is 35.5 Å². The number of phenolic OH excluding ortho intramolecular Hbond substituents is 2. The highest BCUT2D eigenvalue weighted by atomic mass is 16.5. The molecule has 3 aromatic rings. The predicted octanol–water partition coefficient (Wildman–Crippen LogP) is 7.24. The highest BCUT2D eigenvalue weighted by Gasteiger charge is 2.63. The summed E-state index contributed by atoms with van der Waals surface area (Å²) in [6.45, 7) is 10.2. The van der Waals surface area contributed by atoms with Gasteiger partial charge in [0, 0.05) is 28.7 Å². The van der Waals surface area contributed by atoms with E-state index in [1.165, 1.54) is 24.1 Å². The summed E-state index contributed by atoms with van der Waals surface area (Å²) >= 11 is 0. The molecule has 0 bridgehead atoms. The van der Waals surface area contributed by atoms with E-state index in [0.717, 1.165) is 49.9 Å². The fourth-order valence-electron chi connectivity index (χ4n) is 9.09. The van der Waals surface area contributed by atoms with Crippen LogP contribution in [0, 0.1) is 47.9 Å². The van der Waals surface area contributed by atoms with Crippen LogP contribution in [0.15, 0.2) is 49.3 Å². The van der Waals surface area contributed by atoms with Crippen molar-refractivity contribution in [3.8, 4) is 23.8 Å². The Morgan fingerprint density at radius 2 is 1.91 bits per heavy atom. The Hall–Kier alpha value is -3.76. The second-order valence-electron chi connectivity index (χ2n) is 14.2. The number of hydrogen-bond acceptors (Lipinski definition) is 7. The van der Waals surface area contributed by atoms with Crippen molar-refractivity contribution in [3.63, 3.8) is 0 Å². The Kier molecular flexibility index (Phi) is 7.36. The first-order valence-electron chi connectivity index (χ1n) is 15.8. The van der Waals surface area contributed by atoms with Gasteiger partial charge in [0.15, 0.2) is 11.2 Å². The molecule has 6 atom stereocenters. The molecule has 44 heavy (non-hydrogen) atoms. The number of terminal acetylenes is 1. The summed E-state index contributed by atoms with van der Waals surface area (Å²) in [5.41, 5.74) is 3.28. The van der Waals surface area contributed by atoms with Crippen molar-refractivity contribution < 1.29 is 24.3 Å². The van der Waals surface area contributed by atoms with Crippen molar-refractivity contribution in [2.45, 2.75) is 91.6 Å². The lowest BCUT2D eigenvalue weighted by Crippen LogP contribution is -2.54. The number of hydrogen-bond donors (Lipinski definition) is 3. The highest BCUT2D eigenvalue weighted by molar-refractivity contribution is 5.86. The smallest absolute Gasteiger partial charge is 0.196 e. The van der Waals surface area contributed by atoms with Gasteiger partial charge < -0.3 is 24.3 Å². The number of fused-ring (bicyclic) bond motifs is 7. The zero-order valence-corrected chi connectivity index (χ0v) is 26.4. The quantitative estimate of drug-likeness (QED) is 0.211. The second-order valence-corrected chi connectivity index (χ2v) is 14.2. The fraction of sp³-hybridized carbons (Fsp3) is 0.514. The van der Waals surface area contributed by atoms with Crippen LogP contribution in [0.5, 0.6) is 11.5 Å². The van der Waals surface area contributed by atoms with E-state index in [1.807, 2.05) is 26.1 Å². The standard InChI is InChI=1S/C22H27NO2.C15H16O4/c1-4-22(24)10-8-18-16-6-5-15-11-19-14(13-23-25-19)12-20(15,2)17(16)7-9-21(18,22)3;1-8(2)4-5-10-11(16)7-13-14(15(10)18)12(17)6-9(3)19-13/h1,11,13,16-18,24H,5-10,12H2,2-3H3;4,6-7,16,18H,5H2,1-3H3. The maximum Gasteiger partial charge on any atom is 0.196 e. The van der Waals surface area contributed by atoms with Gasteiger partial charge >= 0.3 is 0 Å². The molecule has 0 radical (unpaired) electrons. The van der Waals surface area contributed by atoms with E-state index in [-0.39, 0.29) is 38.7 Å². The van der Waals surface area contributed by atoms with Crippen LogP contribution in [0.3, 0.4) is 0 Å². The van der Waals surface area contributed by atoms with Crippen LogP contribution in [0.1, 0.15) is 88.9 Å². The molecular formula is C37H43NO6. The molecule has 7 heteroatoms. The van der Waals surface area contributed by atoms with Crippen LogP contribution >= 0.6 is 0 Å². The molecule has 6 unspecified atom stereocenters. The first-order valence-corrected chi connectivity index (χ1v) is 15.8. The van der Waals surface area contributed by atoms with Crippen molar-refractivity contribution >= 4 is 17.0 Å². The minimum atomic E-state index is -0.909. The average molecular weight is 598 g/mol. The minimum absolute atomic E-state index is 0.0729. The first-order chi connectivity index (χ1) is 20.8. The Balaban J connectivity index is 0.000000163. The van der Waals surface area contributed by atoms with Crippen molar-refractivity contribution in [3.05, 3.63) is 68.4 Å². The van der Waals surface area contributed by atoms with Gasteiger partial charge in [-0.3, -0.25) is 4.79 Å². The monoisotopic (exact) mass is 597 g/mol. The van der Waals surface area contributed by atoms with Crippen LogP contribution in [-0.4, -0.2) is 26.1 Å². The summed E-state index contributed by atoms with van der Waals surface area (Å²) in [5, 5.41) is 35.3. The van der Waals surface area contributed by atoms with Crippen molar-refractivity contribution in [1.29, 1.82) is 0 Å². The van der Waals surface area contributed by atoms with E-state index in [4.69, 9.17) is 15.4 Å². The maximum atomic E-state index is 11.9. The molecule has 3 N–H and O–H groups in total. The molecule has 4 aliphatic rings. The van der Waals surface area contributed by atoms with Crippen molar-refractivity contribution in [2.75, 3.05) is 0 Å². The summed E-state index contributed by atoms with van der Waals surface area (Å²) in [5.74, 6) is 5.80. The second kappa shape index (κ2) is 10.7. The van der Waals surface area contributed by atoms with Gasteiger partial charge in [0.2, 0.25) is 0 Å². The number of nitrogens with zero attached hydrogens (tertiary/aromatic N) is 1. The van der Waals surface area contributed by atoms with E-state index < -0.39 is 5.60 Å². The van der Waals surface area contributed by atoms with Gasteiger partial charge in [0.25, 0.3) is 0 Å². The van der Waals surface area contributed by atoms with Crippen molar-refractivity contribution in [1.82, 2.24) is 5.16 Å². The molecule has 0 saturated heterocycles. The third-order valence-corrected chi connectivity index (χ3v) is 11.6. The summed E-state index contributed by atoms with van der Waals surface area (Å²) in [7, 11) is 0. The largest absolute Gasteiger partial charge is 0.507 e. The predicted molar refractivity (Wildman–Crippen MR) is 170 cm³/mol. The van der Waals surface area contributed by atoms with E-state index in [2.05, 4.69) is 31.0 Å². The molecule has 0 amide bonds. The molecule has 0 spiro atoms. The molecule has 3 saturated carbocycles. The molecule has 7 rings (SSSR count). The fourth-order valence-corrected chi connectivity index (χ4v) is 9.09. The van der Waals surface area contributed by atoms with Crippen LogP contribution in [0.4, 0.5) is 0 Å². The lowest BCUT2D eigenvalue weighted by Gasteiger charge is -2.58. The lowest BCUT2D eigenvalue weighted by atomic mass is 9.46. The Labute approximate surface area is 258 Å². The summed E-state index contributed by atoms with van der Waals surface area (Å²) < 4.78 is 10.8. The van der Waals surface area contributed by atoms with Crippen LogP contribution in [0.25, 0.3) is 17.0 Å². The lowest BCUT2D eigenvalue weighted by molar-refractivity contribution is -0.0975. The number of aryl methyl sites for hydroxylation is 1.